The zero-order chi connectivity index (χ0) is 8.04. The summed E-state index contributed by atoms with van der Waals surface area (Å²) in [7, 11) is 0. The summed E-state index contributed by atoms with van der Waals surface area (Å²) in [4.78, 5) is 0. The summed E-state index contributed by atoms with van der Waals surface area (Å²) in [6.45, 7) is 7.92. The van der Waals surface area contributed by atoms with Crippen molar-refractivity contribution in [3.05, 3.63) is 24.8 Å². The molecular weight excluding hydrogens is 120 g/mol. The van der Waals surface area contributed by atoms with Gasteiger partial charge in [0.1, 0.15) is 0 Å². The average molecular weight is 134 g/mol. The minimum Gasteiger partial charge on any atom is -0.115 e. The Hall–Kier alpha value is -0.960. The first-order valence-electron chi connectivity index (χ1n) is 3.37. The van der Waals surface area contributed by atoms with E-state index in [0.717, 1.165) is 6.42 Å². The Morgan fingerprint density at radius 1 is 1.60 bits per heavy atom. The van der Waals surface area contributed by atoms with Gasteiger partial charge in [0.25, 0.3) is 0 Å². The second kappa shape index (κ2) is 3.95. The zero-order valence-corrected chi connectivity index (χ0v) is 6.72. The topological polar surface area (TPSA) is 0 Å². The van der Waals surface area contributed by atoms with Gasteiger partial charge in [0.15, 0.2) is 0 Å². The zero-order valence-electron chi connectivity index (χ0n) is 6.72. The molecule has 0 unspecified atom stereocenters. The molecule has 0 rings (SSSR count). The maximum Gasteiger partial charge on any atom is -0.0131 e. The molecule has 0 aliphatic rings. The molecule has 0 aromatic carbocycles. The minimum atomic E-state index is 0.161. The minimum absolute atomic E-state index is 0.161. The Balaban J connectivity index is 4.00. The van der Waals surface area contributed by atoms with Crippen molar-refractivity contribution in [2.45, 2.75) is 20.3 Å². The van der Waals surface area contributed by atoms with Gasteiger partial charge in [0.05, 0.1) is 0 Å². The van der Waals surface area contributed by atoms with Gasteiger partial charge in [-0.1, -0.05) is 31.9 Å². The molecular formula is C10H14. The van der Waals surface area contributed by atoms with Crippen LogP contribution < -0.4 is 0 Å². The molecule has 0 atom stereocenters. The van der Waals surface area contributed by atoms with Crippen LogP contribution in [0.15, 0.2) is 24.8 Å². The van der Waals surface area contributed by atoms with E-state index in [4.69, 9.17) is 6.42 Å². The summed E-state index contributed by atoms with van der Waals surface area (Å²) in [6.07, 6.45) is 11.7. The van der Waals surface area contributed by atoms with E-state index in [0.29, 0.717) is 0 Å². The number of allylic oxidation sites excluding steroid dienone is 3. The predicted octanol–water partition coefficient (Wildman–Crippen LogP) is 2.78. The fourth-order valence-electron chi connectivity index (χ4n) is 0.714. The van der Waals surface area contributed by atoms with Crippen LogP contribution in [0.5, 0.6) is 0 Å². The van der Waals surface area contributed by atoms with Gasteiger partial charge < -0.3 is 0 Å². The second-order valence-corrected chi connectivity index (χ2v) is 2.98. The smallest absolute Gasteiger partial charge is 0.0131 e. The molecule has 0 fully saturated rings. The number of hydrogen-bond acceptors (Lipinski definition) is 0. The first-order valence-corrected chi connectivity index (χ1v) is 3.37. The summed E-state index contributed by atoms with van der Waals surface area (Å²) in [5, 5.41) is 0. The molecule has 0 aliphatic heterocycles. The summed E-state index contributed by atoms with van der Waals surface area (Å²) in [5.74, 6) is 2.47. The molecule has 0 saturated heterocycles. The van der Waals surface area contributed by atoms with Crippen LogP contribution in [0.1, 0.15) is 20.3 Å². The highest BCUT2D eigenvalue weighted by Gasteiger charge is 2.09. The van der Waals surface area contributed by atoms with Crippen molar-refractivity contribution < 1.29 is 0 Å². The molecule has 0 heterocycles. The quantitative estimate of drug-likeness (QED) is 0.411. The van der Waals surface area contributed by atoms with Gasteiger partial charge in [-0.25, -0.2) is 0 Å². The van der Waals surface area contributed by atoms with E-state index in [-0.39, 0.29) is 5.41 Å². The highest BCUT2D eigenvalue weighted by Crippen LogP contribution is 2.21. The molecule has 0 aromatic heterocycles. The summed E-state index contributed by atoms with van der Waals surface area (Å²) < 4.78 is 0. The Bertz CT molecular complexity index is 165. The van der Waals surface area contributed by atoms with Crippen molar-refractivity contribution in [1.82, 2.24) is 0 Å². The average Bonchev–Trinajstić information content (AvgIpc) is 1.84. The second-order valence-electron chi connectivity index (χ2n) is 2.98. The SMILES string of the molecule is C#C/C=C\C(C)(C)CC=C. The van der Waals surface area contributed by atoms with Crippen LogP contribution in [0.2, 0.25) is 0 Å². The lowest BCUT2D eigenvalue weighted by atomic mass is 9.89. The van der Waals surface area contributed by atoms with Crippen LogP contribution in [-0.2, 0) is 0 Å². The molecule has 0 nitrogen and oxygen atoms in total. The Labute approximate surface area is 63.6 Å². The fraction of sp³-hybridized carbons (Fsp3) is 0.400. The Morgan fingerprint density at radius 3 is 2.60 bits per heavy atom. The van der Waals surface area contributed by atoms with Gasteiger partial charge in [-0.05, 0) is 17.9 Å². The largest absolute Gasteiger partial charge is 0.115 e. The highest BCUT2D eigenvalue weighted by atomic mass is 14.1. The third kappa shape index (κ3) is 3.97. The molecule has 0 radical (unpaired) electrons. The number of terminal acetylenes is 1. The first kappa shape index (κ1) is 9.04. The molecule has 0 bridgehead atoms. The van der Waals surface area contributed by atoms with Crippen molar-refractivity contribution in [1.29, 1.82) is 0 Å². The van der Waals surface area contributed by atoms with Crippen molar-refractivity contribution in [2.24, 2.45) is 5.41 Å². The lowest BCUT2D eigenvalue weighted by Crippen LogP contribution is -2.04. The summed E-state index contributed by atoms with van der Waals surface area (Å²) in [6, 6.07) is 0. The predicted molar refractivity (Wildman–Crippen MR) is 46.6 cm³/mol. The van der Waals surface area contributed by atoms with E-state index in [1.165, 1.54) is 0 Å². The molecule has 54 valence electrons. The molecule has 0 amide bonds. The summed E-state index contributed by atoms with van der Waals surface area (Å²) in [5.41, 5.74) is 0.161. The van der Waals surface area contributed by atoms with Gasteiger partial charge in [-0.3, -0.25) is 0 Å². The van der Waals surface area contributed by atoms with Gasteiger partial charge >= 0.3 is 0 Å². The van der Waals surface area contributed by atoms with E-state index >= 15 is 0 Å². The maximum atomic E-state index is 5.07. The van der Waals surface area contributed by atoms with Crippen molar-refractivity contribution >= 4 is 0 Å². The monoisotopic (exact) mass is 134 g/mol. The summed E-state index contributed by atoms with van der Waals surface area (Å²) >= 11 is 0. The third-order valence-corrected chi connectivity index (χ3v) is 1.30. The fourth-order valence-corrected chi connectivity index (χ4v) is 0.714. The lowest BCUT2D eigenvalue weighted by molar-refractivity contribution is 0.489. The van der Waals surface area contributed by atoms with Crippen LogP contribution in [0.4, 0.5) is 0 Å². The van der Waals surface area contributed by atoms with Gasteiger partial charge in [0.2, 0.25) is 0 Å². The van der Waals surface area contributed by atoms with Crippen LogP contribution in [-0.4, -0.2) is 0 Å². The molecule has 0 spiro atoms. The molecule has 0 aromatic rings. The third-order valence-electron chi connectivity index (χ3n) is 1.30. The van der Waals surface area contributed by atoms with Gasteiger partial charge in [0, 0.05) is 0 Å². The van der Waals surface area contributed by atoms with E-state index in [1.807, 2.05) is 12.2 Å². The van der Waals surface area contributed by atoms with Gasteiger partial charge in [-0.2, -0.15) is 0 Å². The van der Waals surface area contributed by atoms with E-state index in [2.05, 4.69) is 26.3 Å². The molecule has 0 heteroatoms. The van der Waals surface area contributed by atoms with Crippen LogP contribution >= 0.6 is 0 Å². The lowest BCUT2D eigenvalue weighted by Gasteiger charge is -2.16. The van der Waals surface area contributed by atoms with Gasteiger partial charge in [-0.15, -0.1) is 13.0 Å². The Kier molecular flexibility index (Phi) is 3.57. The standard InChI is InChI=1S/C10H14/c1-5-7-9-10(3,4)8-6-2/h1,6-7,9H,2,8H2,3-4H3/b9-7-. The van der Waals surface area contributed by atoms with Crippen molar-refractivity contribution in [3.8, 4) is 12.3 Å². The van der Waals surface area contributed by atoms with E-state index in [1.54, 1.807) is 6.08 Å². The highest BCUT2D eigenvalue weighted by molar-refractivity contribution is 5.12. The molecule has 0 N–H and O–H groups in total. The van der Waals surface area contributed by atoms with Crippen LogP contribution in [0, 0.1) is 17.8 Å². The van der Waals surface area contributed by atoms with Crippen molar-refractivity contribution in [2.75, 3.05) is 0 Å². The van der Waals surface area contributed by atoms with E-state index < -0.39 is 0 Å². The normalized spacial score (nSPS) is 11.3. The molecule has 0 aliphatic carbocycles. The van der Waals surface area contributed by atoms with Crippen LogP contribution in [0.3, 0.4) is 0 Å². The number of rotatable bonds is 3. The maximum absolute atomic E-state index is 5.07. The van der Waals surface area contributed by atoms with Crippen molar-refractivity contribution in [3.63, 3.8) is 0 Å². The number of hydrogen-bond donors (Lipinski definition) is 0. The molecule has 0 saturated carbocycles. The Morgan fingerprint density at radius 2 is 2.20 bits per heavy atom. The van der Waals surface area contributed by atoms with E-state index in [9.17, 15) is 0 Å². The molecule has 10 heavy (non-hydrogen) atoms. The van der Waals surface area contributed by atoms with Crippen LogP contribution in [0.25, 0.3) is 0 Å². The first-order chi connectivity index (χ1) is 4.62.